The minimum Gasteiger partial charge on any atom is -0.450 e. The first-order valence-corrected chi connectivity index (χ1v) is 49.2. The van der Waals surface area contributed by atoms with Gasteiger partial charge in [0.25, 0.3) is 0 Å². The summed E-state index contributed by atoms with van der Waals surface area (Å²) < 4.78 is 109. The van der Waals surface area contributed by atoms with E-state index in [-0.39, 0.29) is 55.2 Å². The molecule has 3 aliphatic rings. The lowest BCUT2D eigenvalue weighted by Gasteiger charge is -2.22. The molecule has 35 heteroatoms. The van der Waals surface area contributed by atoms with Gasteiger partial charge in [-0.3, -0.25) is 31.3 Å². The molecule has 3 saturated heterocycles. The third kappa shape index (κ3) is 54.1. The number of halogens is 4. The lowest BCUT2D eigenvalue weighted by atomic mass is 10.0. The number of benzene rings is 10. The number of amides is 10. The molecule has 1 unspecified atom stereocenters. The molecule has 13 rings (SSSR count). The van der Waals surface area contributed by atoms with Crippen LogP contribution in [-0.2, 0) is 65.4 Å². The Morgan fingerprint density at radius 3 is 1.05 bits per heavy atom. The highest BCUT2D eigenvalue weighted by Crippen LogP contribution is 2.31. The summed E-state index contributed by atoms with van der Waals surface area (Å²) in [6.07, 6.45) is -3.85. The van der Waals surface area contributed by atoms with Crippen LogP contribution in [0.5, 0.6) is 0 Å². The smallest absolute Gasteiger partial charge is 0.416 e. The van der Waals surface area contributed by atoms with Gasteiger partial charge in [0, 0.05) is 76.9 Å². The van der Waals surface area contributed by atoms with E-state index in [1.165, 1.54) is 17.7 Å². The van der Waals surface area contributed by atoms with Gasteiger partial charge >= 0.3 is 54.8 Å². The predicted octanol–water partition coefficient (Wildman–Crippen LogP) is 25.2. The summed E-state index contributed by atoms with van der Waals surface area (Å²) in [6.45, 7) is 31.2. The summed E-state index contributed by atoms with van der Waals surface area (Å²) in [4.78, 5) is 93.5. The Morgan fingerprint density at radius 2 is 0.714 bits per heavy atom. The average molecular weight is 2070 g/mol. The molecule has 0 radical (unpaired) electrons. The Bertz CT molecular complexity index is 5440. The number of sulfonamides is 1. The fourth-order valence-corrected chi connectivity index (χ4v) is 13.4. The number of carbonyl (C=O) groups excluding carboxylic acids is 8. The number of imide groups is 1. The first kappa shape index (κ1) is 119. The van der Waals surface area contributed by atoms with Crippen LogP contribution in [0.15, 0.2) is 243 Å². The molecule has 2 atom stereocenters. The molecule has 10 aromatic carbocycles. The lowest BCUT2D eigenvalue weighted by Crippen LogP contribution is -2.34. The molecule has 0 aromatic heterocycles. The zero-order valence-corrected chi connectivity index (χ0v) is 85.5. The van der Waals surface area contributed by atoms with Crippen LogP contribution in [-0.4, -0.2) is 152 Å². The van der Waals surface area contributed by atoms with Crippen molar-refractivity contribution in [1.82, 2.24) is 10.6 Å². The van der Waals surface area contributed by atoms with Crippen LogP contribution in [0.1, 0.15) is 141 Å². The fourth-order valence-electron chi connectivity index (χ4n) is 12.2. The largest absolute Gasteiger partial charge is 0.450 e. The molecule has 0 aliphatic carbocycles. The van der Waals surface area contributed by atoms with Crippen molar-refractivity contribution in [2.24, 2.45) is 0 Å². The number of nitrogens with one attached hydrogen (secondary N) is 11. The van der Waals surface area contributed by atoms with Gasteiger partial charge in [0.05, 0.1) is 63.7 Å². The minimum atomic E-state index is -4.44. The Hall–Kier alpha value is -13.3. The molecule has 3 aliphatic heterocycles. The maximum atomic E-state index is 12.6. The molecule has 11 N–H and O–H groups in total. The number of hydrogen-bond donors (Lipinski definition) is 11. The predicted molar refractivity (Wildman–Crippen MR) is 558 cm³/mol. The van der Waals surface area contributed by atoms with E-state index in [9.17, 15) is 59.9 Å². The summed E-state index contributed by atoms with van der Waals surface area (Å²) in [6, 6.07) is 71.1. The number of hydrogen-bond acceptors (Lipinski definition) is 20. The molecule has 10 amide bonds. The standard InChI is InChI=1S/C18H21NO2.C15H13F3N2O.C13H17NO3.2C12H15NO3.C11H14N2O3.C11H15NO2.C10H15NO2S.C2H7N.CH3I/c1-13(2)16-9-7-15(8-10-16)12-21-18(20)19-17-6-4-5-14(3)11-17;1-10-4-2-6-12(8-10)19-14(21)20-13-7-3-5-11(9-13)15(16,17)18;1-10-3-2-4-11(9-10)14-13(15)17-12-5-7-16-8-6-12;2*1-9-3-2-4-10(7-9)13-12(14)16-11-5-6-15-8-11;1-3-16-11(15)13-10(14)12-9-6-4-5-8(2)7-9;1-8(2)14-11(13)12-10-6-4-5-9(3)7-10;1-3-8-14(12,13)11-10-6-4-9(2)5-7-10;1-3-2;1-2/h4-11,13H,12H2,1-3H3,(H,19,20);2-9H,1H3,(H2,19,20,21);2-4,9,12H,5-8H2,1H3,(H,14,15);2*2-4,7,11H,5-6,8H2,1H3,(H,13,14);4-7H,3H2,1-2H3,(H2,12,13,14,15);4-8H,1-3H3,(H,12,13);4-7,11H,3,8H2,1-2H3;3H,1-2H3;1H3/t;;;11-;;;;;;/m...1....../s1. The zero-order chi connectivity index (χ0) is 103. The summed E-state index contributed by atoms with van der Waals surface area (Å²) in [5.74, 6) is 0.672. The number of alkyl carbamates (subject to hydrolysis) is 1. The molecule has 3 fully saturated rings. The number of rotatable bonds is 20. The number of aryl methyl sites for hydroxylation is 8. The normalized spacial score (nSPS) is 13.1. The third-order valence-electron chi connectivity index (χ3n) is 18.7. The van der Waals surface area contributed by atoms with E-state index in [0.717, 1.165) is 116 Å². The molecular weight excluding hydrogens is 1940 g/mol. The van der Waals surface area contributed by atoms with Crippen molar-refractivity contribution in [1.29, 1.82) is 0 Å². The van der Waals surface area contributed by atoms with Gasteiger partial charge in [0.1, 0.15) is 24.9 Å². The molecule has 10 aromatic rings. The topological polar surface area (TPSA) is 386 Å². The molecule has 0 bridgehead atoms. The third-order valence-corrected chi connectivity index (χ3v) is 20.2. The van der Waals surface area contributed by atoms with E-state index < -0.39 is 64.3 Å². The average Bonchev–Trinajstić information content (AvgIpc) is 0.910. The van der Waals surface area contributed by atoms with Crippen molar-refractivity contribution in [3.05, 3.63) is 304 Å². The van der Waals surface area contributed by atoms with Crippen LogP contribution in [0.25, 0.3) is 0 Å². The van der Waals surface area contributed by atoms with Gasteiger partial charge in [0.2, 0.25) is 10.0 Å². The minimum absolute atomic E-state index is 0.0199. The van der Waals surface area contributed by atoms with E-state index in [4.69, 9.17) is 37.9 Å². The molecule has 758 valence electrons. The van der Waals surface area contributed by atoms with Crippen LogP contribution in [0, 0.1) is 55.4 Å². The van der Waals surface area contributed by atoms with Crippen LogP contribution >= 0.6 is 22.6 Å². The summed E-state index contributed by atoms with van der Waals surface area (Å²) in [5.41, 5.74) is 15.7. The van der Waals surface area contributed by atoms with Crippen LogP contribution in [0.4, 0.5) is 103 Å². The number of urea groups is 2. The van der Waals surface area contributed by atoms with Crippen molar-refractivity contribution in [3.8, 4) is 0 Å². The Balaban J connectivity index is 0.000000333. The monoisotopic (exact) mass is 2070 g/mol. The maximum absolute atomic E-state index is 12.6. The van der Waals surface area contributed by atoms with Gasteiger partial charge < -0.3 is 63.9 Å². The van der Waals surface area contributed by atoms with Gasteiger partial charge in [-0.05, 0) is 273 Å². The molecule has 30 nitrogen and oxygen atoms in total. The molecular formula is C105H135F3IN11O19S. The second-order valence-electron chi connectivity index (χ2n) is 32.4. The highest BCUT2D eigenvalue weighted by molar-refractivity contribution is 14.1. The SMILES string of the molecule is CCCS(=O)(=O)Nc1ccc(C)cc1.CCOC(=O)NC(=O)Nc1cccc(C)c1.CI.CNC.Cc1cccc(NC(=O)Nc2cccc(C(F)(F)F)c2)c1.Cc1cccc(NC(=O)OC(C)C)c1.Cc1cccc(NC(=O)OC2CCOC2)c1.Cc1cccc(NC(=O)OC2CCOCC2)c1.Cc1cccc(NC(=O)OCc2ccc(C(C)C)cc2)c1.Cc1cccc(NC(=O)O[C@@H]2CCOC2)c1. The quantitative estimate of drug-likeness (QED) is 0.0192. The fraction of sp³-hybridized carbons (Fsp3) is 0.352. The van der Waals surface area contributed by atoms with Crippen molar-refractivity contribution in [3.63, 3.8) is 0 Å². The first-order valence-electron chi connectivity index (χ1n) is 45.4. The van der Waals surface area contributed by atoms with E-state index >= 15 is 0 Å². The van der Waals surface area contributed by atoms with Crippen molar-refractivity contribution < 1.29 is 103 Å². The van der Waals surface area contributed by atoms with E-state index in [1.807, 2.05) is 264 Å². The second-order valence-corrected chi connectivity index (χ2v) is 34.2. The summed E-state index contributed by atoms with van der Waals surface area (Å²) in [5, 5.41) is 25.7. The van der Waals surface area contributed by atoms with Gasteiger partial charge in [-0.25, -0.2) is 52.1 Å². The van der Waals surface area contributed by atoms with E-state index in [2.05, 4.69) is 106 Å². The molecule has 140 heavy (non-hydrogen) atoms. The summed E-state index contributed by atoms with van der Waals surface area (Å²) >= 11 is 2.15. The Morgan fingerprint density at radius 1 is 0.386 bits per heavy atom. The highest BCUT2D eigenvalue weighted by Gasteiger charge is 2.31. The van der Waals surface area contributed by atoms with Crippen molar-refractivity contribution in [2.45, 2.75) is 172 Å². The molecule has 0 saturated carbocycles. The first-order chi connectivity index (χ1) is 66.7. The molecule has 0 spiro atoms. The summed E-state index contributed by atoms with van der Waals surface area (Å²) in [7, 11) is 0.602. The van der Waals surface area contributed by atoms with E-state index in [1.54, 1.807) is 49.4 Å². The number of alkyl halides is 4. The number of carbonyl (C=O) groups is 8. The van der Waals surface area contributed by atoms with Crippen LogP contribution < -0.4 is 57.9 Å². The van der Waals surface area contributed by atoms with Crippen LogP contribution in [0.2, 0.25) is 0 Å². The number of ether oxygens (including phenoxy) is 9. The second kappa shape index (κ2) is 66.3. The maximum Gasteiger partial charge on any atom is 0.416 e. The van der Waals surface area contributed by atoms with Gasteiger partial charge in [-0.1, -0.05) is 176 Å². The highest BCUT2D eigenvalue weighted by atomic mass is 127. The zero-order valence-electron chi connectivity index (χ0n) is 82.6. The van der Waals surface area contributed by atoms with Gasteiger partial charge in [0.15, 0.2) is 0 Å². The number of anilines is 9. The lowest BCUT2D eigenvalue weighted by molar-refractivity contribution is -0.137. The Labute approximate surface area is 834 Å². The molecule has 3 heterocycles. The Kier molecular flexibility index (Phi) is 56.3. The van der Waals surface area contributed by atoms with Crippen molar-refractivity contribution >= 4 is 132 Å². The van der Waals surface area contributed by atoms with Crippen LogP contribution in [0.3, 0.4) is 0 Å². The van der Waals surface area contributed by atoms with Crippen molar-refractivity contribution in [2.75, 3.05) is 118 Å². The van der Waals surface area contributed by atoms with Gasteiger partial charge in [-0.2, -0.15) is 13.2 Å². The van der Waals surface area contributed by atoms with E-state index in [0.29, 0.717) is 69.0 Å². The van der Waals surface area contributed by atoms with Gasteiger partial charge in [-0.15, -0.1) is 0 Å².